The normalized spacial score (nSPS) is 12.8. The van der Waals surface area contributed by atoms with Gasteiger partial charge < -0.3 is 15.4 Å². The number of thiazole rings is 1. The quantitative estimate of drug-likeness (QED) is 0.579. The lowest BCUT2D eigenvalue weighted by Crippen LogP contribution is -2.18. The van der Waals surface area contributed by atoms with Gasteiger partial charge in [0.2, 0.25) is 11.8 Å². The van der Waals surface area contributed by atoms with Crippen molar-refractivity contribution in [3.8, 4) is 17.1 Å². The van der Waals surface area contributed by atoms with Crippen LogP contribution in [0.1, 0.15) is 24.8 Å². The molecule has 2 N–H and O–H groups in total. The third-order valence-electron chi connectivity index (χ3n) is 4.47. The van der Waals surface area contributed by atoms with Gasteiger partial charge in [-0.3, -0.25) is 14.6 Å². The first kappa shape index (κ1) is 19.1. The molecule has 0 atom stereocenters. The number of aryl methyl sites for hydroxylation is 1. The van der Waals surface area contributed by atoms with Crippen molar-refractivity contribution in [3.05, 3.63) is 53.5 Å². The Hall–Kier alpha value is -3.26. The van der Waals surface area contributed by atoms with Crippen LogP contribution in [0, 0.1) is 0 Å². The van der Waals surface area contributed by atoms with Crippen LogP contribution in [0.4, 0.5) is 10.8 Å². The number of hydrogen-bond donors (Lipinski definition) is 2. The molecular weight excluding hydrogens is 388 g/mol. The second-order valence-electron chi connectivity index (χ2n) is 6.62. The highest BCUT2D eigenvalue weighted by Gasteiger charge is 2.15. The molecule has 0 aliphatic carbocycles. The molecule has 0 bridgehead atoms. The number of rotatable bonds is 7. The molecule has 4 rings (SSSR count). The number of anilines is 2. The van der Waals surface area contributed by atoms with Gasteiger partial charge in [-0.2, -0.15) is 0 Å². The Labute approximate surface area is 172 Å². The number of pyridine rings is 1. The topological polar surface area (TPSA) is 93.2 Å². The first-order chi connectivity index (χ1) is 14.2. The molecule has 1 aliphatic heterocycles. The lowest BCUT2D eigenvalue weighted by atomic mass is 10.0. The average molecular weight is 408 g/mol. The van der Waals surface area contributed by atoms with Crippen molar-refractivity contribution < 1.29 is 14.3 Å². The van der Waals surface area contributed by atoms with Gasteiger partial charge in [-0.25, -0.2) is 4.98 Å². The number of nitrogens with one attached hydrogen (secondary N) is 2. The summed E-state index contributed by atoms with van der Waals surface area (Å²) in [4.78, 5) is 32.2. The number of fused-ring (bicyclic) bond motifs is 1. The summed E-state index contributed by atoms with van der Waals surface area (Å²) >= 11 is 1.38. The van der Waals surface area contributed by atoms with Crippen molar-refractivity contribution in [2.45, 2.75) is 25.7 Å². The van der Waals surface area contributed by atoms with E-state index < -0.39 is 0 Å². The summed E-state index contributed by atoms with van der Waals surface area (Å²) in [6, 6.07) is 11.3. The standard InChI is InChI=1S/C21H20N4O3S/c26-19(25-21-24-18(13-29-21)17-4-1-2-10-22-17)5-3-11-28-15-7-8-16-14(12-15)6-9-20(27)23-16/h1-2,4,7-8,10,12-13H,3,5-6,9,11H2,(H,23,27)(H,24,25,26). The Morgan fingerprint density at radius 2 is 2.14 bits per heavy atom. The molecule has 3 heterocycles. The van der Waals surface area contributed by atoms with E-state index in [2.05, 4.69) is 20.6 Å². The number of benzene rings is 1. The van der Waals surface area contributed by atoms with Gasteiger partial charge in [-0.05, 0) is 48.7 Å². The SMILES string of the molecule is O=C(CCCOc1ccc2c(c1)CCC(=O)N2)Nc1nc(-c2ccccn2)cs1. The largest absolute Gasteiger partial charge is 0.494 e. The zero-order chi connectivity index (χ0) is 20.1. The maximum absolute atomic E-state index is 12.1. The van der Waals surface area contributed by atoms with E-state index in [4.69, 9.17) is 4.74 Å². The molecule has 0 saturated heterocycles. The van der Waals surface area contributed by atoms with E-state index >= 15 is 0 Å². The van der Waals surface area contributed by atoms with E-state index in [9.17, 15) is 9.59 Å². The molecule has 0 spiro atoms. The summed E-state index contributed by atoms with van der Waals surface area (Å²) in [5.41, 5.74) is 3.45. The van der Waals surface area contributed by atoms with Crippen LogP contribution >= 0.6 is 11.3 Å². The minimum Gasteiger partial charge on any atom is -0.494 e. The van der Waals surface area contributed by atoms with E-state index in [-0.39, 0.29) is 11.8 Å². The molecule has 1 aliphatic rings. The molecular formula is C21H20N4O3S. The van der Waals surface area contributed by atoms with Crippen molar-refractivity contribution in [3.63, 3.8) is 0 Å². The molecule has 7 nitrogen and oxygen atoms in total. The van der Waals surface area contributed by atoms with E-state index in [1.54, 1.807) is 6.20 Å². The molecule has 3 aromatic rings. The molecule has 0 radical (unpaired) electrons. The summed E-state index contributed by atoms with van der Waals surface area (Å²) in [6.07, 6.45) is 3.87. The van der Waals surface area contributed by atoms with Crippen LogP contribution in [0.5, 0.6) is 5.75 Å². The van der Waals surface area contributed by atoms with Gasteiger partial charge in [0.15, 0.2) is 5.13 Å². The predicted molar refractivity (Wildman–Crippen MR) is 112 cm³/mol. The van der Waals surface area contributed by atoms with Crippen LogP contribution in [-0.4, -0.2) is 28.4 Å². The maximum Gasteiger partial charge on any atom is 0.226 e. The number of hydrogen-bond acceptors (Lipinski definition) is 6. The molecule has 148 valence electrons. The third kappa shape index (κ3) is 4.97. The lowest BCUT2D eigenvalue weighted by Gasteiger charge is -2.17. The molecule has 2 aromatic heterocycles. The second kappa shape index (κ2) is 8.83. The molecule has 0 fully saturated rings. The van der Waals surface area contributed by atoms with Gasteiger partial charge in [0.1, 0.15) is 11.4 Å². The third-order valence-corrected chi connectivity index (χ3v) is 5.22. The Balaban J connectivity index is 1.22. The van der Waals surface area contributed by atoms with Crippen molar-refractivity contribution in [2.75, 3.05) is 17.2 Å². The van der Waals surface area contributed by atoms with E-state index in [0.29, 0.717) is 31.0 Å². The molecule has 0 unspecified atom stereocenters. The van der Waals surface area contributed by atoms with Gasteiger partial charge in [0.25, 0.3) is 0 Å². The Morgan fingerprint density at radius 3 is 3.00 bits per heavy atom. The van der Waals surface area contributed by atoms with Crippen molar-refractivity contribution in [1.82, 2.24) is 9.97 Å². The van der Waals surface area contributed by atoms with Crippen LogP contribution in [0.15, 0.2) is 48.0 Å². The summed E-state index contributed by atoms with van der Waals surface area (Å²) in [7, 11) is 0. The van der Waals surface area contributed by atoms with Crippen LogP contribution in [0.25, 0.3) is 11.4 Å². The lowest BCUT2D eigenvalue weighted by molar-refractivity contribution is -0.117. The first-order valence-corrected chi connectivity index (χ1v) is 10.3. The monoisotopic (exact) mass is 408 g/mol. The van der Waals surface area contributed by atoms with E-state index in [1.807, 2.05) is 41.8 Å². The summed E-state index contributed by atoms with van der Waals surface area (Å²) in [5, 5.41) is 8.11. The highest BCUT2D eigenvalue weighted by Crippen LogP contribution is 2.27. The maximum atomic E-state index is 12.1. The van der Waals surface area contributed by atoms with Gasteiger partial charge in [0.05, 0.1) is 12.3 Å². The van der Waals surface area contributed by atoms with Crippen molar-refractivity contribution in [1.29, 1.82) is 0 Å². The van der Waals surface area contributed by atoms with Crippen LogP contribution in [-0.2, 0) is 16.0 Å². The summed E-state index contributed by atoms with van der Waals surface area (Å²) in [5.74, 6) is 0.702. The molecule has 0 saturated carbocycles. The Bertz CT molecular complexity index is 1020. The fourth-order valence-corrected chi connectivity index (χ4v) is 3.74. The highest BCUT2D eigenvalue weighted by molar-refractivity contribution is 7.14. The molecule has 1 aromatic carbocycles. The zero-order valence-electron chi connectivity index (χ0n) is 15.7. The molecule has 8 heteroatoms. The van der Waals surface area contributed by atoms with Gasteiger partial charge in [0, 0.05) is 30.1 Å². The van der Waals surface area contributed by atoms with Gasteiger partial charge in [-0.15, -0.1) is 11.3 Å². The number of aromatic nitrogens is 2. The van der Waals surface area contributed by atoms with Crippen LogP contribution in [0.3, 0.4) is 0 Å². The molecule has 29 heavy (non-hydrogen) atoms. The smallest absolute Gasteiger partial charge is 0.226 e. The minimum atomic E-state index is -0.0938. The van der Waals surface area contributed by atoms with Crippen LogP contribution < -0.4 is 15.4 Å². The summed E-state index contributed by atoms with van der Waals surface area (Å²) < 4.78 is 5.75. The zero-order valence-corrected chi connectivity index (χ0v) is 16.5. The average Bonchev–Trinajstić information content (AvgIpc) is 3.20. The fourth-order valence-electron chi connectivity index (χ4n) is 3.02. The number of ether oxygens (including phenoxy) is 1. The highest BCUT2D eigenvalue weighted by atomic mass is 32.1. The fraction of sp³-hybridized carbons (Fsp3) is 0.238. The van der Waals surface area contributed by atoms with Crippen LogP contribution in [0.2, 0.25) is 0 Å². The Morgan fingerprint density at radius 1 is 1.21 bits per heavy atom. The molecule has 2 amide bonds. The number of amides is 2. The number of carbonyl (C=O) groups excluding carboxylic acids is 2. The predicted octanol–water partition coefficient (Wildman–Crippen LogP) is 3.89. The van der Waals surface area contributed by atoms with Gasteiger partial charge in [-0.1, -0.05) is 6.07 Å². The number of carbonyl (C=O) groups is 2. The van der Waals surface area contributed by atoms with Gasteiger partial charge >= 0.3 is 0 Å². The minimum absolute atomic E-state index is 0.0459. The van der Waals surface area contributed by atoms with E-state index in [1.165, 1.54) is 11.3 Å². The Kier molecular flexibility index (Phi) is 5.81. The van der Waals surface area contributed by atoms with Crippen molar-refractivity contribution >= 4 is 34.0 Å². The number of nitrogens with zero attached hydrogens (tertiary/aromatic N) is 2. The first-order valence-electron chi connectivity index (χ1n) is 9.40. The second-order valence-corrected chi connectivity index (χ2v) is 7.48. The van der Waals surface area contributed by atoms with Crippen molar-refractivity contribution in [2.24, 2.45) is 0 Å². The summed E-state index contributed by atoms with van der Waals surface area (Å²) in [6.45, 7) is 0.440. The van der Waals surface area contributed by atoms with E-state index in [0.717, 1.165) is 34.8 Å².